The molecule has 0 radical (unpaired) electrons. The van der Waals surface area contributed by atoms with Crippen LogP contribution < -0.4 is 21.3 Å². The minimum Gasteiger partial charge on any atom is -0.480 e. The maximum Gasteiger partial charge on any atom is 0.317 e. The fourth-order valence-corrected chi connectivity index (χ4v) is 5.66. The topological polar surface area (TPSA) is 170 Å². The van der Waals surface area contributed by atoms with Gasteiger partial charge in [0.2, 0.25) is 0 Å². The van der Waals surface area contributed by atoms with Gasteiger partial charge in [0, 0.05) is 43.0 Å². The molecule has 0 saturated carbocycles. The van der Waals surface area contributed by atoms with Crippen LogP contribution in [0.2, 0.25) is 10.0 Å². The van der Waals surface area contributed by atoms with E-state index in [0.717, 1.165) is 18.5 Å². The number of nitrogens with zero attached hydrogens (tertiary/aromatic N) is 3. The summed E-state index contributed by atoms with van der Waals surface area (Å²) in [6.07, 6.45) is 2.87. The average Bonchev–Trinajstić information content (AvgIpc) is 3.48. The van der Waals surface area contributed by atoms with Crippen LogP contribution in [0.4, 0.5) is 15.8 Å². The molecule has 0 saturated heterocycles. The van der Waals surface area contributed by atoms with Gasteiger partial charge in [-0.2, -0.15) is 5.10 Å². The number of aliphatic hydroxyl groups is 1. The van der Waals surface area contributed by atoms with Gasteiger partial charge in [-0.25, -0.2) is 9.37 Å². The molecule has 3 heterocycles. The largest absolute Gasteiger partial charge is 0.480 e. The van der Waals surface area contributed by atoms with Crippen molar-refractivity contribution in [1.29, 1.82) is 0 Å². The normalized spacial score (nSPS) is 14.0. The molecule has 46 heavy (non-hydrogen) atoms. The van der Waals surface area contributed by atoms with Crippen molar-refractivity contribution in [3.63, 3.8) is 0 Å². The van der Waals surface area contributed by atoms with Gasteiger partial charge in [0.15, 0.2) is 17.2 Å². The second-order valence-electron chi connectivity index (χ2n) is 10.5. The van der Waals surface area contributed by atoms with Crippen molar-refractivity contribution in [2.75, 3.05) is 30.3 Å². The standard InChI is InChI=1S/C31H30Cl2FN7O5/c32-27-18(4-1-6-22(27)38-30(45)24-13-25-21(36-16-26(43)44)8-3-10-41(25)40-24)19-5-2-7-23(28(19)33)39-31(46)29-20(34)12-17(15-37-29)14-35-9-11-42/h1-2,4-7,12-13,15,21,35-36,42H,3,8-11,14,16H2,(H,38,45)(H,39,46)(H,43,44). The van der Waals surface area contributed by atoms with E-state index < -0.39 is 29.3 Å². The quantitative estimate of drug-likeness (QED) is 0.119. The molecule has 0 bridgehead atoms. The van der Waals surface area contributed by atoms with Gasteiger partial charge in [-0.05, 0) is 42.7 Å². The Morgan fingerprint density at radius 3 is 2.30 bits per heavy atom. The monoisotopic (exact) mass is 669 g/mol. The first-order chi connectivity index (χ1) is 22.2. The van der Waals surface area contributed by atoms with Crippen LogP contribution in [-0.4, -0.2) is 62.5 Å². The summed E-state index contributed by atoms with van der Waals surface area (Å²) in [5.74, 6) is -3.10. The fraction of sp³-hybridized carbons (Fsp3) is 0.258. The Balaban J connectivity index is 1.32. The number of hydrogen-bond donors (Lipinski definition) is 6. The van der Waals surface area contributed by atoms with Crippen LogP contribution in [0.25, 0.3) is 11.1 Å². The third-order valence-electron chi connectivity index (χ3n) is 7.28. The van der Waals surface area contributed by atoms with Gasteiger partial charge in [0.25, 0.3) is 11.8 Å². The Morgan fingerprint density at radius 1 is 1.00 bits per heavy atom. The minimum absolute atomic E-state index is 0.0649. The number of aliphatic carboxylic acids is 1. The van der Waals surface area contributed by atoms with Crippen molar-refractivity contribution in [1.82, 2.24) is 25.4 Å². The van der Waals surface area contributed by atoms with Gasteiger partial charge in [0.05, 0.1) is 40.3 Å². The summed E-state index contributed by atoms with van der Waals surface area (Å²) in [4.78, 5) is 41.1. The Hall–Kier alpha value is -4.40. The van der Waals surface area contributed by atoms with Gasteiger partial charge < -0.3 is 26.2 Å². The van der Waals surface area contributed by atoms with E-state index in [9.17, 15) is 18.8 Å². The summed E-state index contributed by atoms with van der Waals surface area (Å²) in [6, 6.07) is 12.5. The zero-order valence-electron chi connectivity index (χ0n) is 24.3. The third kappa shape index (κ3) is 7.52. The first kappa shape index (κ1) is 33.0. The summed E-state index contributed by atoms with van der Waals surface area (Å²) in [6.45, 7) is 0.938. The highest BCUT2D eigenvalue weighted by Gasteiger charge is 2.25. The lowest BCUT2D eigenvalue weighted by Crippen LogP contribution is -2.31. The van der Waals surface area contributed by atoms with Crippen LogP contribution >= 0.6 is 23.2 Å². The molecule has 1 aliphatic heterocycles. The zero-order chi connectivity index (χ0) is 32.8. The predicted molar refractivity (Wildman–Crippen MR) is 171 cm³/mol. The molecule has 5 rings (SSSR count). The number of carbonyl (C=O) groups is 3. The summed E-state index contributed by atoms with van der Waals surface area (Å²) in [5.41, 5.74) is 2.37. The third-order valence-corrected chi connectivity index (χ3v) is 8.09. The SMILES string of the molecule is O=C(O)CNC1CCCn2nc(C(=O)Nc3cccc(-c4cccc(NC(=O)c5ncc(CNCCO)cc5F)c4Cl)c3Cl)cc21. The van der Waals surface area contributed by atoms with Crippen LogP contribution in [0.1, 0.15) is 51.1 Å². The number of carboxylic acids is 1. The molecule has 4 aromatic rings. The van der Waals surface area contributed by atoms with E-state index in [2.05, 4.69) is 31.3 Å². The summed E-state index contributed by atoms with van der Waals surface area (Å²) >= 11 is 13.4. The Kier molecular flexibility index (Phi) is 10.6. The van der Waals surface area contributed by atoms with Crippen molar-refractivity contribution in [3.05, 3.63) is 93.2 Å². The number of aliphatic hydroxyl groups excluding tert-OH is 1. The Labute approximate surface area is 272 Å². The molecule has 1 atom stereocenters. The molecule has 0 fully saturated rings. The van der Waals surface area contributed by atoms with Crippen LogP contribution in [0.5, 0.6) is 0 Å². The number of benzene rings is 2. The molecule has 12 nitrogen and oxygen atoms in total. The molecule has 2 aromatic carbocycles. The first-order valence-corrected chi connectivity index (χ1v) is 15.1. The van der Waals surface area contributed by atoms with Gasteiger partial charge in [-0.3, -0.25) is 24.4 Å². The minimum atomic E-state index is -0.975. The van der Waals surface area contributed by atoms with E-state index in [1.165, 1.54) is 12.3 Å². The van der Waals surface area contributed by atoms with E-state index in [4.69, 9.17) is 33.4 Å². The van der Waals surface area contributed by atoms with Crippen LogP contribution in [-0.2, 0) is 17.9 Å². The van der Waals surface area contributed by atoms with E-state index >= 15 is 0 Å². The smallest absolute Gasteiger partial charge is 0.317 e. The number of hydrogen-bond acceptors (Lipinski definition) is 8. The molecule has 240 valence electrons. The van der Waals surface area contributed by atoms with Gasteiger partial charge >= 0.3 is 5.97 Å². The van der Waals surface area contributed by atoms with Crippen LogP contribution in [0.3, 0.4) is 0 Å². The molecule has 0 aliphatic carbocycles. The van der Waals surface area contributed by atoms with Gasteiger partial charge in [-0.15, -0.1) is 0 Å². The molecule has 1 unspecified atom stereocenters. The summed E-state index contributed by atoms with van der Waals surface area (Å²) in [7, 11) is 0. The number of aryl methyl sites for hydroxylation is 1. The first-order valence-electron chi connectivity index (χ1n) is 14.3. The average molecular weight is 671 g/mol. The maximum atomic E-state index is 14.7. The lowest BCUT2D eigenvalue weighted by molar-refractivity contribution is -0.136. The number of carbonyl (C=O) groups excluding carboxylic acids is 2. The highest BCUT2D eigenvalue weighted by atomic mass is 35.5. The molecular formula is C31H30Cl2FN7O5. The number of aromatic nitrogens is 3. The highest BCUT2D eigenvalue weighted by molar-refractivity contribution is 6.40. The number of pyridine rings is 1. The fourth-order valence-electron chi connectivity index (χ4n) is 5.11. The number of carboxylic acid groups (broad SMARTS) is 1. The molecule has 15 heteroatoms. The lowest BCUT2D eigenvalue weighted by Gasteiger charge is -2.23. The van der Waals surface area contributed by atoms with E-state index in [1.807, 2.05) is 0 Å². The second kappa shape index (κ2) is 14.8. The number of rotatable bonds is 12. The second-order valence-corrected chi connectivity index (χ2v) is 11.2. The van der Waals surface area contributed by atoms with E-state index in [1.54, 1.807) is 47.1 Å². The van der Waals surface area contributed by atoms with Crippen molar-refractivity contribution < 1.29 is 29.0 Å². The predicted octanol–water partition coefficient (Wildman–Crippen LogP) is 4.49. The lowest BCUT2D eigenvalue weighted by atomic mass is 10.0. The van der Waals surface area contributed by atoms with Crippen LogP contribution in [0.15, 0.2) is 54.7 Å². The van der Waals surface area contributed by atoms with Gasteiger partial charge in [0.1, 0.15) is 0 Å². The Bertz CT molecular complexity index is 1780. The number of fused-ring (bicyclic) bond motifs is 1. The molecular weight excluding hydrogens is 640 g/mol. The summed E-state index contributed by atoms with van der Waals surface area (Å²) < 4.78 is 16.4. The Morgan fingerprint density at radius 2 is 1.67 bits per heavy atom. The zero-order valence-corrected chi connectivity index (χ0v) is 25.8. The number of amides is 2. The molecule has 0 spiro atoms. The van der Waals surface area contributed by atoms with Crippen molar-refractivity contribution >= 4 is 52.4 Å². The molecule has 1 aliphatic rings. The molecule has 2 aromatic heterocycles. The van der Waals surface area contributed by atoms with Crippen molar-refractivity contribution in [3.8, 4) is 11.1 Å². The van der Waals surface area contributed by atoms with Gasteiger partial charge in [-0.1, -0.05) is 47.5 Å². The van der Waals surface area contributed by atoms with E-state index in [0.29, 0.717) is 35.5 Å². The maximum absolute atomic E-state index is 14.7. The van der Waals surface area contributed by atoms with Crippen molar-refractivity contribution in [2.24, 2.45) is 0 Å². The number of anilines is 2. The van der Waals surface area contributed by atoms with Crippen molar-refractivity contribution in [2.45, 2.75) is 32.0 Å². The highest BCUT2D eigenvalue weighted by Crippen LogP contribution is 2.40. The molecule has 2 amide bonds. The number of nitrogens with one attached hydrogen (secondary N) is 4. The summed E-state index contributed by atoms with van der Waals surface area (Å²) in [5, 5.41) is 33.9. The van der Waals surface area contributed by atoms with Crippen LogP contribution in [0, 0.1) is 5.82 Å². The van der Waals surface area contributed by atoms with E-state index in [-0.39, 0.29) is 47.2 Å². The molecule has 6 N–H and O–H groups in total. The number of halogens is 3.